The quantitative estimate of drug-likeness (QED) is 0.595. The Kier molecular flexibility index (Phi) is 6.07. The number of nitrogens with zero attached hydrogens (tertiary/aromatic N) is 1. The number of rotatable bonds is 2. The van der Waals surface area contributed by atoms with Crippen molar-refractivity contribution >= 4 is 34.9 Å². The summed E-state index contributed by atoms with van der Waals surface area (Å²) >= 11 is 11.1. The minimum atomic E-state index is -0.197. The van der Waals surface area contributed by atoms with Gasteiger partial charge in [0.1, 0.15) is 5.52 Å². The van der Waals surface area contributed by atoms with E-state index < -0.39 is 0 Å². The summed E-state index contributed by atoms with van der Waals surface area (Å²) in [6.45, 7) is 3.08. The highest BCUT2D eigenvalue weighted by atomic mass is 35.5. The lowest BCUT2D eigenvalue weighted by molar-refractivity contribution is 0.520. The number of benzene rings is 1. The number of hydrogen-bond donors (Lipinski definition) is 3. The molecular weight excluding hydrogens is 356 g/mol. The van der Waals surface area contributed by atoms with Crippen LogP contribution in [0.25, 0.3) is 11.0 Å². The molecule has 3 heterocycles. The second kappa shape index (κ2) is 8.47. The van der Waals surface area contributed by atoms with Crippen LogP contribution in [0.5, 0.6) is 0 Å². The van der Waals surface area contributed by atoms with Crippen LogP contribution in [-0.4, -0.2) is 27.6 Å². The SMILES string of the molecule is C1CCNCC1.O=c1[nH]c(=S)n(Cc2ccc(Cl)cc2)c2cc[nH]c12. The molecule has 7 heteroatoms. The van der Waals surface area contributed by atoms with Gasteiger partial charge in [0, 0.05) is 11.2 Å². The summed E-state index contributed by atoms with van der Waals surface area (Å²) in [5.41, 5.74) is 2.19. The second-order valence-corrected chi connectivity index (χ2v) is 6.84. The van der Waals surface area contributed by atoms with Gasteiger partial charge in [-0.1, -0.05) is 30.2 Å². The van der Waals surface area contributed by atoms with Crippen LogP contribution in [0.1, 0.15) is 24.8 Å². The molecule has 3 N–H and O–H groups in total. The first-order chi connectivity index (χ1) is 12.1. The average molecular weight is 377 g/mol. The van der Waals surface area contributed by atoms with Gasteiger partial charge in [-0.25, -0.2) is 0 Å². The number of fused-ring (bicyclic) bond motifs is 1. The van der Waals surface area contributed by atoms with Crippen molar-refractivity contribution in [2.45, 2.75) is 25.8 Å². The Hall–Kier alpha value is -1.89. The Balaban J connectivity index is 0.000000258. The summed E-state index contributed by atoms with van der Waals surface area (Å²) < 4.78 is 2.29. The van der Waals surface area contributed by atoms with Crippen LogP contribution in [0.3, 0.4) is 0 Å². The molecule has 0 unspecified atom stereocenters. The van der Waals surface area contributed by atoms with E-state index >= 15 is 0 Å². The Morgan fingerprint density at radius 2 is 1.80 bits per heavy atom. The molecule has 1 aliphatic heterocycles. The zero-order chi connectivity index (χ0) is 17.6. The molecule has 4 rings (SSSR count). The molecule has 25 heavy (non-hydrogen) atoms. The molecule has 0 atom stereocenters. The van der Waals surface area contributed by atoms with Gasteiger partial charge in [0.2, 0.25) is 0 Å². The molecule has 3 aromatic rings. The molecule has 0 bridgehead atoms. The van der Waals surface area contributed by atoms with Crippen LogP contribution in [-0.2, 0) is 6.54 Å². The number of aromatic nitrogens is 3. The first kappa shape index (κ1) is 17.9. The van der Waals surface area contributed by atoms with Gasteiger partial charge in [0.25, 0.3) is 5.56 Å². The maximum absolute atomic E-state index is 11.7. The molecule has 1 saturated heterocycles. The summed E-state index contributed by atoms with van der Waals surface area (Å²) in [6, 6.07) is 9.39. The molecule has 1 aromatic carbocycles. The van der Waals surface area contributed by atoms with Gasteiger partial charge in [-0.05, 0) is 61.9 Å². The molecule has 1 fully saturated rings. The molecule has 2 aromatic heterocycles. The highest BCUT2D eigenvalue weighted by Gasteiger charge is 2.06. The monoisotopic (exact) mass is 376 g/mol. The zero-order valence-corrected chi connectivity index (χ0v) is 15.4. The Labute approximate surface area is 156 Å². The summed E-state index contributed by atoms with van der Waals surface area (Å²) in [4.78, 5) is 17.3. The van der Waals surface area contributed by atoms with Gasteiger partial charge in [0.15, 0.2) is 4.77 Å². The summed E-state index contributed by atoms with van der Waals surface area (Å²) in [7, 11) is 0. The van der Waals surface area contributed by atoms with E-state index in [4.69, 9.17) is 23.8 Å². The van der Waals surface area contributed by atoms with Gasteiger partial charge in [0.05, 0.1) is 12.1 Å². The largest absolute Gasteiger partial charge is 0.355 e. The summed E-state index contributed by atoms with van der Waals surface area (Å²) in [5, 5.41) is 3.98. The second-order valence-electron chi connectivity index (χ2n) is 6.02. The Bertz CT molecular complexity index is 927. The molecule has 0 radical (unpaired) electrons. The van der Waals surface area contributed by atoms with E-state index in [-0.39, 0.29) is 5.56 Å². The molecule has 5 nitrogen and oxygen atoms in total. The first-order valence-corrected chi connectivity index (χ1v) is 9.19. The molecular formula is C18H21ClN4OS. The third kappa shape index (κ3) is 4.60. The lowest BCUT2D eigenvalue weighted by atomic mass is 10.2. The van der Waals surface area contributed by atoms with Crippen LogP contribution in [0, 0.1) is 4.77 Å². The number of aromatic amines is 2. The fraction of sp³-hybridized carbons (Fsp3) is 0.333. The van der Waals surface area contributed by atoms with E-state index in [2.05, 4.69) is 15.3 Å². The van der Waals surface area contributed by atoms with Gasteiger partial charge in [-0.2, -0.15) is 0 Å². The summed E-state index contributed by atoms with van der Waals surface area (Å²) in [6.07, 6.45) is 5.94. The predicted octanol–water partition coefficient (Wildman–Crippen LogP) is 3.85. The standard InChI is InChI=1S/C13H10ClN3OS.C5H11N/c14-9-3-1-8(2-4-9)7-17-10-5-6-15-11(10)12(18)16-13(17)19;1-2-4-6-5-3-1/h1-6,15H,7H2,(H,16,18,19);6H,1-5H2. The molecule has 0 aliphatic carbocycles. The lowest BCUT2D eigenvalue weighted by Crippen LogP contribution is -2.21. The van der Waals surface area contributed by atoms with Crippen molar-refractivity contribution in [3.63, 3.8) is 0 Å². The van der Waals surface area contributed by atoms with Gasteiger partial charge in [-0.3, -0.25) is 9.78 Å². The smallest absolute Gasteiger partial charge is 0.276 e. The topological polar surface area (TPSA) is 65.6 Å². The van der Waals surface area contributed by atoms with E-state index in [1.54, 1.807) is 6.20 Å². The maximum Gasteiger partial charge on any atom is 0.276 e. The van der Waals surface area contributed by atoms with Gasteiger partial charge in [-0.15, -0.1) is 0 Å². The predicted molar refractivity (Wildman–Crippen MR) is 105 cm³/mol. The average Bonchev–Trinajstić information content (AvgIpc) is 3.12. The molecule has 0 saturated carbocycles. The minimum Gasteiger partial charge on any atom is -0.355 e. The Morgan fingerprint density at radius 1 is 1.08 bits per heavy atom. The third-order valence-corrected chi connectivity index (χ3v) is 4.74. The van der Waals surface area contributed by atoms with E-state index in [0.717, 1.165) is 11.1 Å². The van der Waals surface area contributed by atoms with Crippen LogP contribution in [0.4, 0.5) is 0 Å². The zero-order valence-electron chi connectivity index (χ0n) is 13.8. The van der Waals surface area contributed by atoms with Crippen molar-refractivity contribution in [2.24, 2.45) is 0 Å². The van der Waals surface area contributed by atoms with Crippen molar-refractivity contribution in [3.05, 3.63) is 62.2 Å². The van der Waals surface area contributed by atoms with Crippen molar-refractivity contribution in [3.8, 4) is 0 Å². The number of nitrogens with one attached hydrogen (secondary N) is 3. The molecule has 132 valence electrons. The first-order valence-electron chi connectivity index (χ1n) is 8.40. The van der Waals surface area contributed by atoms with Crippen molar-refractivity contribution in [1.82, 2.24) is 19.9 Å². The van der Waals surface area contributed by atoms with Crippen LogP contribution >= 0.6 is 23.8 Å². The Morgan fingerprint density at radius 3 is 2.40 bits per heavy atom. The normalized spacial score (nSPS) is 14.1. The fourth-order valence-corrected chi connectivity index (χ4v) is 3.22. The maximum atomic E-state index is 11.7. The highest BCUT2D eigenvalue weighted by molar-refractivity contribution is 7.71. The van der Waals surface area contributed by atoms with E-state index in [1.165, 1.54) is 32.4 Å². The van der Waals surface area contributed by atoms with Crippen molar-refractivity contribution in [1.29, 1.82) is 0 Å². The highest BCUT2D eigenvalue weighted by Crippen LogP contribution is 2.14. The van der Waals surface area contributed by atoms with Crippen molar-refractivity contribution < 1.29 is 0 Å². The number of hydrogen-bond acceptors (Lipinski definition) is 3. The molecule has 0 amide bonds. The van der Waals surface area contributed by atoms with E-state index in [9.17, 15) is 4.79 Å². The van der Waals surface area contributed by atoms with Crippen LogP contribution in [0.15, 0.2) is 41.3 Å². The fourth-order valence-electron chi connectivity index (χ4n) is 2.84. The molecule has 0 spiro atoms. The number of piperidine rings is 1. The number of halogens is 1. The lowest BCUT2D eigenvalue weighted by Gasteiger charge is -2.08. The van der Waals surface area contributed by atoms with Crippen LogP contribution in [0.2, 0.25) is 5.02 Å². The van der Waals surface area contributed by atoms with Crippen molar-refractivity contribution in [2.75, 3.05) is 13.1 Å². The van der Waals surface area contributed by atoms with E-state index in [0.29, 0.717) is 21.9 Å². The van der Waals surface area contributed by atoms with Crippen LogP contribution < -0.4 is 10.9 Å². The van der Waals surface area contributed by atoms with Gasteiger partial charge < -0.3 is 14.9 Å². The third-order valence-electron chi connectivity index (χ3n) is 4.17. The summed E-state index contributed by atoms with van der Waals surface area (Å²) in [5.74, 6) is 0. The minimum absolute atomic E-state index is 0.197. The molecule has 1 aliphatic rings. The number of H-pyrrole nitrogens is 2. The van der Waals surface area contributed by atoms with Gasteiger partial charge >= 0.3 is 0 Å². The van der Waals surface area contributed by atoms with E-state index in [1.807, 2.05) is 34.9 Å².